The van der Waals surface area contributed by atoms with E-state index < -0.39 is 33.7 Å². The van der Waals surface area contributed by atoms with Crippen LogP contribution in [0.1, 0.15) is 38.5 Å². The molecule has 3 fully saturated rings. The van der Waals surface area contributed by atoms with Gasteiger partial charge in [-0.2, -0.15) is 0 Å². The molecule has 4 rings (SSSR count). The summed E-state index contributed by atoms with van der Waals surface area (Å²) in [6.45, 7) is 1.81. The Morgan fingerprint density at radius 1 is 1.19 bits per heavy atom. The van der Waals surface area contributed by atoms with E-state index in [1.54, 1.807) is 12.1 Å². The van der Waals surface area contributed by atoms with E-state index in [2.05, 4.69) is 4.72 Å². The van der Waals surface area contributed by atoms with Crippen molar-refractivity contribution < 1.29 is 26.7 Å². The first-order valence-corrected chi connectivity index (χ1v) is 13.1. The van der Waals surface area contributed by atoms with Gasteiger partial charge in [-0.1, -0.05) is 12.1 Å². The van der Waals surface area contributed by atoms with Crippen molar-refractivity contribution in [1.29, 1.82) is 0 Å². The number of alkyl halides is 1. The van der Waals surface area contributed by atoms with Gasteiger partial charge in [-0.3, -0.25) is 4.79 Å². The molecule has 2 atom stereocenters. The summed E-state index contributed by atoms with van der Waals surface area (Å²) in [5.74, 6) is -0.807. The van der Waals surface area contributed by atoms with Crippen molar-refractivity contribution in [2.24, 2.45) is 0 Å². The number of carbonyl (C=O) groups excluding carboxylic acids is 1. The average molecular weight is 472 g/mol. The molecule has 3 aliphatic rings. The smallest absolute Gasteiger partial charge is 0.260 e. The minimum atomic E-state index is -3.49. The zero-order chi connectivity index (χ0) is 22.9. The SMILES string of the molecule is CS(=O)(=O)N[C@H]1CCCN(C(=O)C2(F)CC2)[C@H]1COC1CCN(c2ccccc2F)CC1. The van der Waals surface area contributed by atoms with E-state index >= 15 is 0 Å². The van der Waals surface area contributed by atoms with Crippen LogP contribution in [0.2, 0.25) is 0 Å². The van der Waals surface area contributed by atoms with Crippen LogP contribution >= 0.6 is 0 Å². The maximum atomic E-state index is 14.5. The largest absolute Gasteiger partial charge is 0.376 e. The molecule has 0 radical (unpaired) electrons. The summed E-state index contributed by atoms with van der Waals surface area (Å²) >= 11 is 0. The van der Waals surface area contributed by atoms with Crippen LogP contribution in [0.25, 0.3) is 0 Å². The number of amides is 1. The number of ether oxygens (including phenoxy) is 1. The number of likely N-dealkylation sites (tertiary alicyclic amines) is 1. The highest BCUT2D eigenvalue weighted by atomic mass is 32.2. The number of anilines is 1. The van der Waals surface area contributed by atoms with Gasteiger partial charge in [0.1, 0.15) is 5.82 Å². The molecular formula is C22H31F2N3O4S. The normalized spacial score (nSPS) is 26.2. The molecule has 0 unspecified atom stereocenters. The van der Waals surface area contributed by atoms with Gasteiger partial charge < -0.3 is 14.5 Å². The Morgan fingerprint density at radius 3 is 2.50 bits per heavy atom. The highest BCUT2D eigenvalue weighted by Gasteiger charge is 2.55. The number of nitrogens with zero attached hydrogens (tertiary/aromatic N) is 2. The number of para-hydroxylation sites is 1. The van der Waals surface area contributed by atoms with Gasteiger partial charge >= 0.3 is 0 Å². The quantitative estimate of drug-likeness (QED) is 0.660. The number of hydrogen-bond donors (Lipinski definition) is 1. The second-order valence-corrected chi connectivity index (χ2v) is 10.9. The number of hydrogen-bond acceptors (Lipinski definition) is 5. The number of sulfonamides is 1. The zero-order valence-corrected chi connectivity index (χ0v) is 19.1. The predicted molar refractivity (Wildman–Crippen MR) is 117 cm³/mol. The van der Waals surface area contributed by atoms with Crippen LogP contribution in [0.15, 0.2) is 24.3 Å². The number of rotatable bonds is 7. The Bertz CT molecular complexity index is 933. The van der Waals surface area contributed by atoms with Crippen LogP contribution in [0, 0.1) is 5.82 Å². The lowest BCUT2D eigenvalue weighted by atomic mass is 9.96. The van der Waals surface area contributed by atoms with E-state index in [0.29, 0.717) is 51.0 Å². The van der Waals surface area contributed by atoms with Crippen LogP contribution in [-0.4, -0.2) is 75.6 Å². The summed E-state index contributed by atoms with van der Waals surface area (Å²) in [4.78, 5) is 16.2. The number of halogens is 2. The summed E-state index contributed by atoms with van der Waals surface area (Å²) in [5.41, 5.74) is -1.24. The Labute approximate surface area is 188 Å². The Morgan fingerprint density at radius 2 is 1.88 bits per heavy atom. The zero-order valence-electron chi connectivity index (χ0n) is 18.3. The van der Waals surface area contributed by atoms with Crippen molar-refractivity contribution in [3.63, 3.8) is 0 Å². The molecular weight excluding hydrogens is 440 g/mol. The standard InChI is InChI=1S/C22H31F2N3O4S/c1-32(29,30)25-18-6-4-12-27(21(28)22(24)10-11-22)20(18)15-31-16-8-13-26(14-9-16)19-7-3-2-5-17(19)23/h2-3,5,7,16,18,20,25H,4,6,8-15H2,1H3/t18-,20-/m0/s1. The second-order valence-electron chi connectivity index (χ2n) is 9.14. The lowest BCUT2D eigenvalue weighted by molar-refractivity contribution is -0.145. The fraction of sp³-hybridized carbons (Fsp3) is 0.682. The van der Waals surface area contributed by atoms with Gasteiger partial charge in [0.25, 0.3) is 5.91 Å². The third-order valence-electron chi connectivity index (χ3n) is 6.62. The first-order chi connectivity index (χ1) is 15.2. The van der Waals surface area contributed by atoms with Crippen LogP contribution in [0.4, 0.5) is 14.5 Å². The van der Waals surface area contributed by atoms with Gasteiger partial charge in [-0.05, 0) is 50.7 Å². The molecule has 0 bridgehead atoms. The molecule has 0 spiro atoms. The maximum absolute atomic E-state index is 14.5. The Hall–Kier alpha value is -1.78. The second kappa shape index (κ2) is 9.23. The summed E-state index contributed by atoms with van der Waals surface area (Å²) in [6.07, 6.45) is 3.97. The van der Waals surface area contributed by atoms with Gasteiger partial charge in [-0.25, -0.2) is 21.9 Å². The van der Waals surface area contributed by atoms with E-state index in [4.69, 9.17) is 4.74 Å². The van der Waals surface area contributed by atoms with Gasteiger partial charge in [0.05, 0.1) is 30.7 Å². The number of piperidine rings is 2. The first kappa shape index (κ1) is 23.4. The van der Waals surface area contributed by atoms with Crippen LogP contribution in [0.5, 0.6) is 0 Å². The van der Waals surface area contributed by atoms with Gasteiger partial charge in [0.2, 0.25) is 10.0 Å². The van der Waals surface area contributed by atoms with E-state index in [9.17, 15) is 22.0 Å². The summed E-state index contributed by atoms with van der Waals surface area (Å²) in [5, 5.41) is 0. The molecule has 1 saturated carbocycles. The molecule has 178 valence electrons. The molecule has 2 aliphatic heterocycles. The fourth-order valence-electron chi connectivity index (χ4n) is 4.71. The number of benzene rings is 1. The van der Waals surface area contributed by atoms with Crippen molar-refractivity contribution in [3.8, 4) is 0 Å². The average Bonchev–Trinajstić information content (AvgIpc) is 3.50. The molecule has 2 saturated heterocycles. The number of carbonyl (C=O) groups is 1. The molecule has 7 nitrogen and oxygen atoms in total. The van der Waals surface area contributed by atoms with Crippen LogP contribution in [0.3, 0.4) is 0 Å². The lowest BCUT2D eigenvalue weighted by Crippen LogP contribution is -2.60. The van der Waals surface area contributed by atoms with Gasteiger partial charge in [0, 0.05) is 25.7 Å². The Kier molecular flexibility index (Phi) is 6.74. The third-order valence-corrected chi connectivity index (χ3v) is 7.35. The van der Waals surface area contributed by atoms with Gasteiger partial charge in [-0.15, -0.1) is 0 Å². The van der Waals surface area contributed by atoms with Crippen LogP contribution in [-0.2, 0) is 19.6 Å². The number of nitrogens with one attached hydrogen (secondary N) is 1. The first-order valence-electron chi connectivity index (χ1n) is 11.2. The molecule has 1 aliphatic carbocycles. The molecule has 0 aromatic heterocycles. The van der Waals surface area contributed by atoms with E-state index in [-0.39, 0.29) is 31.4 Å². The highest BCUT2D eigenvalue weighted by Crippen LogP contribution is 2.42. The molecule has 32 heavy (non-hydrogen) atoms. The monoisotopic (exact) mass is 471 g/mol. The van der Waals surface area contributed by atoms with Crippen molar-refractivity contribution >= 4 is 21.6 Å². The van der Waals surface area contributed by atoms with Crippen molar-refractivity contribution in [2.45, 2.75) is 62.4 Å². The molecule has 1 amide bonds. The highest BCUT2D eigenvalue weighted by molar-refractivity contribution is 7.88. The predicted octanol–water partition coefficient (Wildman–Crippen LogP) is 2.22. The van der Waals surface area contributed by atoms with Crippen molar-refractivity contribution in [1.82, 2.24) is 9.62 Å². The molecule has 10 heteroatoms. The van der Waals surface area contributed by atoms with E-state index in [1.807, 2.05) is 11.0 Å². The summed E-state index contributed by atoms with van der Waals surface area (Å²) in [7, 11) is -3.49. The third kappa shape index (κ3) is 5.40. The van der Waals surface area contributed by atoms with Crippen LogP contribution < -0.4 is 9.62 Å². The van der Waals surface area contributed by atoms with Crippen molar-refractivity contribution in [3.05, 3.63) is 30.1 Å². The molecule has 1 N–H and O–H groups in total. The van der Waals surface area contributed by atoms with E-state index in [0.717, 1.165) is 6.26 Å². The van der Waals surface area contributed by atoms with E-state index in [1.165, 1.54) is 11.0 Å². The summed E-state index contributed by atoms with van der Waals surface area (Å²) < 4.78 is 61.1. The Balaban J connectivity index is 1.39. The molecule has 1 aromatic rings. The van der Waals surface area contributed by atoms with Gasteiger partial charge in [0.15, 0.2) is 5.67 Å². The topological polar surface area (TPSA) is 79.0 Å². The molecule has 1 aromatic carbocycles. The minimum Gasteiger partial charge on any atom is -0.376 e. The minimum absolute atomic E-state index is 0.0870. The lowest BCUT2D eigenvalue weighted by Gasteiger charge is -2.42. The fourth-order valence-corrected chi connectivity index (χ4v) is 5.54. The maximum Gasteiger partial charge on any atom is 0.260 e. The summed E-state index contributed by atoms with van der Waals surface area (Å²) in [6, 6.07) is 5.61. The van der Waals surface area contributed by atoms with Crippen molar-refractivity contribution in [2.75, 3.05) is 37.4 Å². The molecule has 2 heterocycles.